The van der Waals surface area contributed by atoms with Crippen molar-refractivity contribution in [1.29, 1.82) is 0 Å². The maximum atomic E-state index is 13.2. The van der Waals surface area contributed by atoms with Crippen molar-refractivity contribution >= 4 is 17.8 Å². The maximum absolute atomic E-state index is 13.2. The monoisotopic (exact) mass is 478 g/mol. The van der Waals surface area contributed by atoms with Gasteiger partial charge in [0.1, 0.15) is 6.54 Å². The van der Waals surface area contributed by atoms with Gasteiger partial charge in [-0.2, -0.15) is 0 Å². The quantitative estimate of drug-likeness (QED) is 0.370. The summed E-state index contributed by atoms with van der Waals surface area (Å²) in [6.45, 7) is 6.11. The fourth-order valence-corrected chi connectivity index (χ4v) is 4.22. The van der Waals surface area contributed by atoms with Crippen molar-refractivity contribution in [1.82, 2.24) is 14.5 Å². The number of nitrogens with one attached hydrogen (secondary N) is 1. The minimum absolute atomic E-state index is 0.0160. The third-order valence-corrected chi connectivity index (χ3v) is 6.66. The average molecular weight is 479 g/mol. The Morgan fingerprint density at radius 3 is 2.33 bits per heavy atom. The molecule has 3 aromatic carbocycles. The van der Waals surface area contributed by atoms with E-state index in [1.165, 1.54) is 5.56 Å². The number of hydrogen-bond acceptors (Lipinski definition) is 3. The van der Waals surface area contributed by atoms with E-state index in [-0.39, 0.29) is 24.4 Å². The summed E-state index contributed by atoms with van der Waals surface area (Å²) < 4.78 is 1.90. The molecule has 36 heavy (non-hydrogen) atoms. The summed E-state index contributed by atoms with van der Waals surface area (Å²) in [6.07, 6.45) is 3.77. The van der Waals surface area contributed by atoms with E-state index in [9.17, 15) is 9.59 Å². The Balaban J connectivity index is 1.42. The summed E-state index contributed by atoms with van der Waals surface area (Å²) in [7, 11) is 0. The highest BCUT2D eigenvalue weighted by Gasteiger charge is 2.34. The van der Waals surface area contributed by atoms with E-state index in [4.69, 9.17) is 4.98 Å². The number of aromatic nitrogens is 2. The molecular weight excluding hydrogens is 448 g/mol. The van der Waals surface area contributed by atoms with Gasteiger partial charge in [-0.05, 0) is 69.0 Å². The van der Waals surface area contributed by atoms with Crippen LogP contribution in [0.3, 0.4) is 0 Å². The number of amides is 2. The van der Waals surface area contributed by atoms with Crippen LogP contribution in [-0.2, 0) is 4.79 Å². The summed E-state index contributed by atoms with van der Waals surface area (Å²) in [5.41, 5.74) is 6.69. The third-order valence-electron chi connectivity index (χ3n) is 6.66. The van der Waals surface area contributed by atoms with Gasteiger partial charge in [0.2, 0.25) is 11.9 Å². The van der Waals surface area contributed by atoms with Gasteiger partial charge >= 0.3 is 0 Å². The topological polar surface area (TPSA) is 67.2 Å². The molecule has 0 radical (unpaired) electrons. The zero-order valence-electron chi connectivity index (χ0n) is 20.9. The van der Waals surface area contributed by atoms with Crippen molar-refractivity contribution in [2.75, 3.05) is 11.9 Å². The third kappa shape index (κ3) is 5.08. The molecule has 0 saturated heterocycles. The van der Waals surface area contributed by atoms with Crippen LogP contribution in [0, 0.1) is 20.8 Å². The molecule has 0 aliphatic heterocycles. The molecule has 0 unspecified atom stereocenters. The average Bonchev–Trinajstić information content (AvgIpc) is 3.64. The Hall–Kier alpha value is -4.19. The van der Waals surface area contributed by atoms with Crippen LogP contribution < -0.4 is 5.32 Å². The van der Waals surface area contributed by atoms with Crippen LogP contribution in [0.25, 0.3) is 16.9 Å². The molecule has 1 aliphatic rings. The number of anilines is 1. The van der Waals surface area contributed by atoms with Crippen molar-refractivity contribution in [2.45, 2.75) is 39.7 Å². The van der Waals surface area contributed by atoms with E-state index in [0.717, 1.165) is 40.9 Å². The zero-order valence-corrected chi connectivity index (χ0v) is 20.9. The summed E-state index contributed by atoms with van der Waals surface area (Å²) in [5, 5.41) is 2.98. The molecule has 2 amide bonds. The Morgan fingerprint density at radius 2 is 1.67 bits per heavy atom. The highest BCUT2D eigenvalue weighted by molar-refractivity contribution is 5.99. The summed E-state index contributed by atoms with van der Waals surface area (Å²) >= 11 is 0. The first-order chi connectivity index (χ1) is 17.4. The molecule has 5 rings (SSSR count). The molecule has 182 valence electrons. The van der Waals surface area contributed by atoms with Gasteiger partial charge in [0.15, 0.2) is 0 Å². The number of hydrogen-bond donors (Lipinski definition) is 1. The Bertz CT molecular complexity index is 1400. The van der Waals surface area contributed by atoms with Gasteiger partial charge in [-0.1, -0.05) is 54.1 Å². The fourth-order valence-electron chi connectivity index (χ4n) is 4.22. The first-order valence-corrected chi connectivity index (χ1v) is 12.3. The second-order valence-electron chi connectivity index (χ2n) is 9.53. The number of carbonyl (C=O) groups excluding carboxylic acids is 2. The van der Waals surface area contributed by atoms with Crippen molar-refractivity contribution < 1.29 is 9.59 Å². The summed E-state index contributed by atoms with van der Waals surface area (Å²) in [5.74, 6) is 0.0495. The second-order valence-corrected chi connectivity index (χ2v) is 9.53. The predicted molar refractivity (Wildman–Crippen MR) is 142 cm³/mol. The zero-order chi connectivity index (χ0) is 25.2. The highest BCUT2D eigenvalue weighted by atomic mass is 16.2. The number of benzene rings is 3. The number of nitrogens with zero attached hydrogens (tertiary/aromatic N) is 3. The molecule has 1 N–H and O–H groups in total. The summed E-state index contributed by atoms with van der Waals surface area (Å²) in [4.78, 5) is 32.9. The normalized spacial score (nSPS) is 12.9. The fraction of sp³-hybridized carbons (Fsp3) is 0.233. The lowest BCUT2D eigenvalue weighted by Gasteiger charge is -2.22. The lowest BCUT2D eigenvalue weighted by atomic mass is 10.1. The molecule has 1 aromatic heterocycles. The van der Waals surface area contributed by atoms with Gasteiger partial charge in [0, 0.05) is 29.1 Å². The lowest BCUT2D eigenvalue weighted by molar-refractivity contribution is -0.117. The van der Waals surface area contributed by atoms with E-state index in [1.807, 2.05) is 78.4 Å². The largest absolute Gasteiger partial charge is 0.326 e. The van der Waals surface area contributed by atoms with Crippen LogP contribution >= 0.6 is 0 Å². The van der Waals surface area contributed by atoms with Gasteiger partial charge in [0.25, 0.3) is 5.91 Å². The molecule has 6 heteroatoms. The number of imidazole rings is 1. The van der Waals surface area contributed by atoms with Crippen LogP contribution in [0.4, 0.5) is 5.95 Å². The van der Waals surface area contributed by atoms with Crippen LogP contribution in [0.2, 0.25) is 0 Å². The molecular formula is C30H30N4O2. The van der Waals surface area contributed by atoms with Crippen LogP contribution in [0.5, 0.6) is 0 Å². The standard InChI is InChI=1S/C30H30N4O2/c1-20-9-12-24(13-10-20)29(36)33(25-15-16-25)19-28(35)32-30-31-27(23-7-5-4-6-8-23)18-34(30)26-14-11-21(2)22(3)17-26/h4-14,17-18,25H,15-16,19H2,1-3H3,(H,31,32,35). The van der Waals surface area contributed by atoms with Crippen LogP contribution in [0.1, 0.15) is 39.9 Å². The molecule has 0 bridgehead atoms. The SMILES string of the molecule is Cc1ccc(C(=O)N(CC(=O)Nc2nc(-c3ccccc3)cn2-c2ccc(C)c(C)c2)C2CC2)cc1. The number of carbonyl (C=O) groups is 2. The van der Waals surface area contributed by atoms with Crippen molar-refractivity contribution in [3.8, 4) is 16.9 Å². The van der Waals surface area contributed by atoms with E-state index < -0.39 is 0 Å². The molecule has 1 aliphatic carbocycles. The Morgan fingerprint density at radius 1 is 0.944 bits per heavy atom. The molecule has 1 saturated carbocycles. The van der Waals surface area contributed by atoms with Crippen molar-refractivity contribution in [3.63, 3.8) is 0 Å². The van der Waals surface area contributed by atoms with Crippen LogP contribution in [-0.4, -0.2) is 38.9 Å². The number of aryl methyl sites for hydroxylation is 3. The van der Waals surface area contributed by atoms with Gasteiger partial charge in [-0.15, -0.1) is 0 Å². The second kappa shape index (κ2) is 9.82. The van der Waals surface area contributed by atoms with Gasteiger partial charge in [-0.3, -0.25) is 19.5 Å². The van der Waals surface area contributed by atoms with Gasteiger partial charge in [0.05, 0.1) is 5.69 Å². The molecule has 1 heterocycles. The van der Waals surface area contributed by atoms with Crippen molar-refractivity contribution in [3.05, 3.63) is 101 Å². The predicted octanol–water partition coefficient (Wildman–Crippen LogP) is 5.71. The Labute approximate surface area is 211 Å². The minimum Gasteiger partial charge on any atom is -0.326 e. The smallest absolute Gasteiger partial charge is 0.254 e. The van der Waals surface area contributed by atoms with E-state index in [1.54, 1.807) is 4.90 Å². The van der Waals surface area contributed by atoms with E-state index >= 15 is 0 Å². The highest BCUT2D eigenvalue weighted by Crippen LogP contribution is 2.29. The molecule has 0 atom stereocenters. The first-order valence-electron chi connectivity index (χ1n) is 12.3. The first kappa shape index (κ1) is 23.5. The van der Waals surface area contributed by atoms with E-state index in [2.05, 4.69) is 31.3 Å². The van der Waals surface area contributed by atoms with Crippen molar-refractivity contribution in [2.24, 2.45) is 0 Å². The van der Waals surface area contributed by atoms with Gasteiger partial charge < -0.3 is 4.90 Å². The maximum Gasteiger partial charge on any atom is 0.254 e. The molecule has 4 aromatic rings. The molecule has 1 fully saturated rings. The minimum atomic E-state index is -0.266. The molecule has 0 spiro atoms. The lowest BCUT2D eigenvalue weighted by Crippen LogP contribution is -2.39. The Kier molecular flexibility index (Phi) is 6.42. The van der Waals surface area contributed by atoms with Crippen LogP contribution in [0.15, 0.2) is 79.0 Å². The molecule has 6 nitrogen and oxygen atoms in total. The summed E-state index contributed by atoms with van der Waals surface area (Å²) in [6, 6.07) is 23.6. The van der Waals surface area contributed by atoms with E-state index in [0.29, 0.717) is 11.5 Å². The number of rotatable bonds is 7. The van der Waals surface area contributed by atoms with Gasteiger partial charge in [-0.25, -0.2) is 4.98 Å².